The highest BCUT2D eigenvalue weighted by molar-refractivity contribution is 14.0. The number of nitrogens with one attached hydrogen (secondary N) is 2. The summed E-state index contributed by atoms with van der Waals surface area (Å²) in [5, 5.41) is 6.45. The molecular weight excluding hydrogens is 517 g/mol. The molecule has 0 fully saturated rings. The van der Waals surface area contributed by atoms with Crippen LogP contribution in [0.4, 0.5) is 0 Å². The van der Waals surface area contributed by atoms with Crippen LogP contribution in [0, 0.1) is 0 Å². The van der Waals surface area contributed by atoms with Crippen molar-refractivity contribution in [2.24, 2.45) is 4.99 Å². The largest absolute Gasteiger partial charge is 0.493 e. The molecule has 9 heteroatoms. The molecule has 2 aromatic rings. The van der Waals surface area contributed by atoms with Crippen molar-refractivity contribution in [3.63, 3.8) is 0 Å². The van der Waals surface area contributed by atoms with Gasteiger partial charge in [0.15, 0.2) is 27.3 Å². The number of guanidine groups is 1. The second kappa shape index (κ2) is 12.6. The van der Waals surface area contributed by atoms with E-state index in [0.717, 1.165) is 12.1 Å². The summed E-state index contributed by atoms with van der Waals surface area (Å²) in [6, 6.07) is 14.3. The Labute approximate surface area is 196 Å². The van der Waals surface area contributed by atoms with Crippen molar-refractivity contribution in [3.05, 3.63) is 54.1 Å². The molecule has 0 spiro atoms. The Balaban J connectivity index is 0.00000450. The standard InChI is InChI=1S/C21H29N3O4S.HI/c1-5-22-21(24-15-17-10-12-18(13-11-17)29(4,25)26)23-14-16(2)28-20-9-7-6-8-19(20)27-3;/h6-13,16H,5,14-15H2,1-4H3,(H2,22,23,24);1H. The third kappa shape index (κ3) is 8.39. The Hall–Kier alpha value is -2.01. The number of hydrogen-bond donors (Lipinski definition) is 2. The maximum absolute atomic E-state index is 11.5. The fraction of sp³-hybridized carbons (Fsp3) is 0.381. The molecule has 2 aromatic carbocycles. The van der Waals surface area contributed by atoms with Gasteiger partial charge in [-0.3, -0.25) is 0 Å². The van der Waals surface area contributed by atoms with Gasteiger partial charge in [-0.15, -0.1) is 24.0 Å². The van der Waals surface area contributed by atoms with Crippen LogP contribution in [-0.2, 0) is 16.4 Å². The molecule has 0 aliphatic rings. The highest BCUT2D eigenvalue weighted by Crippen LogP contribution is 2.26. The molecule has 0 radical (unpaired) electrons. The number of benzene rings is 2. The average Bonchev–Trinajstić information content (AvgIpc) is 2.70. The van der Waals surface area contributed by atoms with Gasteiger partial charge in [0.25, 0.3) is 0 Å². The van der Waals surface area contributed by atoms with Gasteiger partial charge in [0.2, 0.25) is 0 Å². The van der Waals surface area contributed by atoms with E-state index in [1.165, 1.54) is 6.26 Å². The lowest BCUT2D eigenvalue weighted by molar-refractivity contribution is 0.213. The number of methoxy groups -OCH3 is 1. The monoisotopic (exact) mass is 547 g/mol. The molecule has 2 N–H and O–H groups in total. The first kappa shape index (κ1) is 26.0. The zero-order valence-electron chi connectivity index (χ0n) is 17.7. The Morgan fingerprint density at radius 1 is 1.07 bits per heavy atom. The molecule has 1 unspecified atom stereocenters. The fourth-order valence-corrected chi connectivity index (χ4v) is 3.20. The summed E-state index contributed by atoms with van der Waals surface area (Å²) in [5.74, 6) is 2.05. The minimum atomic E-state index is -3.19. The summed E-state index contributed by atoms with van der Waals surface area (Å²) in [6.07, 6.45) is 1.09. The van der Waals surface area contributed by atoms with Crippen LogP contribution in [0.3, 0.4) is 0 Å². The van der Waals surface area contributed by atoms with Gasteiger partial charge in [0.05, 0.1) is 25.1 Å². The second-order valence-electron chi connectivity index (χ2n) is 6.57. The summed E-state index contributed by atoms with van der Waals surface area (Å²) in [5.41, 5.74) is 0.924. The molecule has 0 bridgehead atoms. The Morgan fingerprint density at radius 2 is 1.70 bits per heavy atom. The third-order valence-electron chi connectivity index (χ3n) is 4.07. The van der Waals surface area contributed by atoms with E-state index in [1.807, 2.05) is 38.1 Å². The van der Waals surface area contributed by atoms with E-state index in [9.17, 15) is 8.42 Å². The Bertz CT molecular complexity index is 918. The topological polar surface area (TPSA) is 89.0 Å². The summed E-state index contributed by atoms with van der Waals surface area (Å²) in [7, 11) is -1.58. The van der Waals surface area contributed by atoms with E-state index in [1.54, 1.807) is 31.4 Å². The lowest BCUT2D eigenvalue weighted by Crippen LogP contribution is -2.41. The summed E-state index contributed by atoms with van der Waals surface area (Å²) in [4.78, 5) is 4.86. The molecule has 0 aromatic heterocycles. The van der Waals surface area contributed by atoms with E-state index in [2.05, 4.69) is 15.6 Å². The minimum absolute atomic E-state index is 0. The summed E-state index contributed by atoms with van der Waals surface area (Å²) >= 11 is 0. The van der Waals surface area contributed by atoms with E-state index in [-0.39, 0.29) is 30.1 Å². The van der Waals surface area contributed by atoms with Crippen molar-refractivity contribution in [3.8, 4) is 11.5 Å². The zero-order chi connectivity index (χ0) is 21.3. The predicted molar refractivity (Wildman–Crippen MR) is 131 cm³/mol. The van der Waals surface area contributed by atoms with Crippen LogP contribution < -0.4 is 20.1 Å². The molecular formula is C21H30IN3O4S. The first-order valence-electron chi connectivity index (χ1n) is 9.44. The van der Waals surface area contributed by atoms with Crippen LogP contribution in [-0.4, -0.2) is 46.9 Å². The van der Waals surface area contributed by atoms with Crippen molar-refractivity contribution >= 4 is 39.8 Å². The van der Waals surface area contributed by atoms with Crippen LogP contribution >= 0.6 is 24.0 Å². The number of hydrogen-bond acceptors (Lipinski definition) is 5. The van der Waals surface area contributed by atoms with Gasteiger partial charge in [-0.25, -0.2) is 13.4 Å². The number of para-hydroxylation sites is 2. The number of sulfone groups is 1. The second-order valence-corrected chi connectivity index (χ2v) is 8.59. The number of halogens is 1. The fourth-order valence-electron chi connectivity index (χ4n) is 2.57. The van der Waals surface area contributed by atoms with Crippen LogP contribution in [0.2, 0.25) is 0 Å². The van der Waals surface area contributed by atoms with E-state index >= 15 is 0 Å². The highest BCUT2D eigenvalue weighted by atomic mass is 127. The normalized spacial score (nSPS) is 12.5. The highest BCUT2D eigenvalue weighted by Gasteiger charge is 2.10. The van der Waals surface area contributed by atoms with E-state index in [4.69, 9.17) is 9.47 Å². The smallest absolute Gasteiger partial charge is 0.191 e. The predicted octanol–water partition coefficient (Wildman–Crippen LogP) is 3.24. The third-order valence-corrected chi connectivity index (χ3v) is 5.20. The maximum Gasteiger partial charge on any atom is 0.191 e. The molecule has 166 valence electrons. The average molecular weight is 547 g/mol. The molecule has 1 atom stereocenters. The van der Waals surface area contributed by atoms with Crippen LogP contribution in [0.1, 0.15) is 19.4 Å². The van der Waals surface area contributed by atoms with Gasteiger partial charge in [0, 0.05) is 12.8 Å². The molecule has 0 amide bonds. The number of nitrogens with zero attached hydrogens (tertiary/aromatic N) is 1. The molecule has 2 rings (SSSR count). The van der Waals surface area contributed by atoms with Gasteiger partial charge in [-0.05, 0) is 43.7 Å². The molecule has 0 aliphatic carbocycles. The van der Waals surface area contributed by atoms with Gasteiger partial charge < -0.3 is 20.1 Å². The lowest BCUT2D eigenvalue weighted by Gasteiger charge is -2.19. The van der Waals surface area contributed by atoms with Crippen molar-refractivity contribution < 1.29 is 17.9 Å². The SMILES string of the molecule is CCNC(=NCc1ccc(S(C)(=O)=O)cc1)NCC(C)Oc1ccccc1OC.I. The molecule has 7 nitrogen and oxygen atoms in total. The number of rotatable bonds is 9. The molecule has 0 aliphatic heterocycles. The summed E-state index contributed by atoms with van der Waals surface area (Å²) < 4.78 is 34.4. The van der Waals surface area contributed by atoms with Crippen LogP contribution in [0.25, 0.3) is 0 Å². The van der Waals surface area contributed by atoms with Crippen molar-refractivity contribution in [1.29, 1.82) is 0 Å². The van der Waals surface area contributed by atoms with Gasteiger partial charge in [0.1, 0.15) is 6.10 Å². The molecule has 0 heterocycles. The van der Waals surface area contributed by atoms with E-state index in [0.29, 0.717) is 35.4 Å². The minimum Gasteiger partial charge on any atom is -0.493 e. The first-order valence-corrected chi connectivity index (χ1v) is 11.3. The Morgan fingerprint density at radius 3 is 2.27 bits per heavy atom. The first-order chi connectivity index (χ1) is 13.8. The van der Waals surface area contributed by atoms with Crippen molar-refractivity contribution in [1.82, 2.24) is 10.6 Å². The maximum atomic E-state index is 11.5. The van der Waals surface area contributed by atoms with Gasteiger partial charge in [-0.2, -0.15) is 0 Å². The number of ether oxygens (including phenoxy) is 2. The van der Waals surface area contributed by atoms with Gasteiger partial charge >= 0.3 is 0 Å². The zero-order valence-corrected chi connectivity index (χ0v) is 20.9. The van der Waals surface area contributed by atoms with Crippen LogP contribution in [0.15, 0.2) is 58.4 Å². The molecule has 0 saturated heterocycles. The van der Waals surface area contributed by atoms with Crippen molar-refractivity contribution in [2.75, 3.05) is 26.5 Å². The Kier molecular flexibility index (Phi) is 11.0. The lowest BCUT2D eigenvalue weighted by atomic mass is 10.2. The summed E-state index contributed by atoms with van der Waals surface area (Å²) in [6.45, 7) is 5.67. The van der Waals surface area contributed by atoms with Crippen molar-refractivity contribution in [2.45, 2.75) is 31.4 Å². The molecule has 0 saturated carbocycles. The van der Waals surface area contributed by atoms with E-state index < -0.39 is 9.84 Å². The van der Waals surface area contributed by atoms with Gasteiger partial charge in [-0.1, -0.05) is 24.3 Å². The number of aliphatic imine (C=N–C) groups is 1. The quantitative estimate of drug-likeness (QED) is 0.285. The molecule has 30 heavy (non-hydrogen) atoms. The van der Waals surface area contributed by atoms with Crippen LogP contribution in [0.5, 0.6) is 11.5 Å².